The zero-order chi connectivity index (χ0) is 15.9. The van der Waals surface area contributed by atoms with Crippen LogP contribution in [0.5, 0.6) is 0 Å². The number of nitrogens with zero attached hydrogens (tertiary/aromatic N) is 1. The Morgan fingerprint density at radius 2 is 2.00 bits per heavy atom. The van der Waals surface area contributed by atoms with Crippen LogP contribution in [0.25, 0.3) is 0 Å². The highest BCUT2D eigenvalue weighted by Crippen LogP contribution is 2.12. The molecule has 0 unspecified atom stereocenters. The van der Waals surface area contributed by atoms with E-state index in [1.807, 2.05) is 24.4 Å². The largest absolute Gasteiger partial charge is 0.343 e. The Balaban J connectivity index is 1.91. The fourth-order valence-electron chi connectivity index (χ4n) is 1.98. The average molecular weight is 320 g/mol. The molecule has 4 nitrogen and oxygen atoms in total. The fraction of sp³-hybridized carbons (Fsp3) is 0.250. The van der Waals surface area contributed by atoms with Gasteiger partial charge in [0, 0.05) is 11.4 Å². The van der Waals surface area contributed by atoms with Crippen LogP contribution in [0.4, 0.5) is 4.39 Å². The van der Waals surface area contributed by atoms with Gasteiger partial charge in [-0.15, -0.1) is 11.3 Å². The highest BCUT2D eigenvalue weighted by Gasteiger charge is 2.16. The van der Waals surface area contributed by atoms with Crippen molar-refractivity contribution in [2.45, 2.75) is 13.5 Å². The van der Waals surface area contributed by atoms with Crippen LogP contribution in [-0.2, 0) is 11.3 Å². The highest BCUT2D eigenvalue weighted by molar-refractivity contribution is 7.09. The number of hydrogen-bond donors (Lipinski definition) is 1. The normalized spacial score (nSPS) is 10.3. The van der Waals surface area contributed by atoms with Gasteiger partial charge in [-0.3, -0.25) is 9.59 Å². The molecule has 2 rings (SSSR count). The number of amides is 2. The van der Waals surface area contributed by atoms with E-state index in [1.54, 1.807) is 22.3 Å². The van der Waals surface area contributed by atoms with Crippen molar-refractivity contribution in [3.8, 4) is 0 Å². The SMILES string of the molecule is CCN(Cc1cccs1)C(=O)CNC(=O)c1ccccc1F. The maximum Gasteiger partial charge on any atom is 0.254 e. The van der Waals surface area contributed by atoms with Gasteiger partial charge in [0.05, 0.1) is 18.7 Å². The smallest absolute Gasteiger partial charge is 0.254 e. The molecule has 0 saturated carbocycles. The summed E-state index contributed by atoms with van der Waals surface area (Å²) in [6.45, 7) is 2.80. The summed E-state index contributed by atoms with van der Waals surface area (Å²) in [5, 5.41) is 4.42. The lowest BCUT2D eigenvalue weighted by Crippen LogP contribution is -2.39. The van der Waals surface area contributed by atoms with Crippen molar-refractivity contribution < 1.29 is 14.0 Å². The zero-order valence-electron chi connectivity index (χ0n) is 12.2. The van der Waals surface area contributed by atoms with Gasteiger partial charge in [0.1, 0.15) is 5.82 Å². The highest BCUT2D eigenvalue weighted by atomic mass is 32.1. The molecule has 22 heavy (non-hydrogen) atoms. The summed E-state index contributed by atoms with van der Waals surface area (Å²) >= 11 is 1.58. The van der Waals surface area contributed by atoms with E-state index in [9.17, 15) is 14.0 Å². The number of halogens is 1. The molecule has 1 heterocycles. The van der Waals surface area contributed by atoms with Crippen molar-refractivity contribution in [2.24, 2.45) is 0 Å². The molecule has 2 aromatic rings. The minimum absolute atomic E-state index is 0.0587. The predicted molar refractivity (Wildman–Crippen MR) is 84.1 cm³/mol. The Morgan fingerprint density at radius 1 is 1.23 bits per heavy atom. The molecule has 0 aliphatic heterocycles. The quantitative estimate of drug-likeness (QED) is 0.889. The van der Waals surface area contributed by atoms with E-state index in [4.69, 9.17) is 0 Å². The molecular weight excluding hydrogens is 303 g/mol. The van der Waals surface area contributed by atoms with Crippen LogP contribution in [-0.4, -0.2) is 29.8 Å². The van der Waals surface area contributed by atoms with Crippen molar-refractivity contribution in [1.29, 1.82) is 0 Å². The number of rotatable bonds is 6. The minimum atomic E-state index is -0.599. The van der Waals surface area contributed by atoms with Crippen LogP contribution in [0.15, 0.2) is 41.8 Å². The molecule has 1 aromatic heterocycles. The van der Waals surface area contributed by atoms with E-state index in [-0.39, 0.29) is 18.0 Å². The summed E-state index contributed by atoms with van der Waals surface area (Å²) in [7, 11) is 0. The predicted octanol–water partition coefficient (Wildman–Crippen LogP) is 2.67. The van der Waals surface area contributed by atoms with E-state index < -0.39 is 11.7 Å². The molecule has 0 saturated heterocycles. The van der Waals surface area contributed by atoms with E-state index in [2.05, 4.69) is 5.32 Å². The summed E-state index contributed by atoms with van der Waals surface area (Å²) < 4.78 is 13.5. The summed E-state index contributed by atoms with van der Waals surface area (Å²) in [6, 6.07) is 9.58. The molecule has 0 bridgehead atoms. The molecule has 0 aliphatic carbocycles. The molecule has 0 spiro atoms. The van der Waals surface area contributed by atoms with Gasteiger partial charge in [-0.1, -0.05) is 18.2 Å². The number of hydrogen-bond acceptors (Lipinski definition) is 3. The molecule has 1 aromatic carbocycles. The first-order chi connectivity index (χ1) is 10.6. The van der Waals surface area contributed by atoms with Gasteiger partial charge in [-0.25, -0.2) is 4.39 Å². The maximum absolute atomic E-state index is 13.5. The molecular formula is C16H17FN2O2S. The van der Waals surface area contributed by atoms with Crippen molar-refractivity contribution in [3.05, 3.63) is 58.0 Å². The molecule has 116 valence electrons. The summed E-state index contributed by atoms with van der Waals surface area (Å²) in [4.78, 5) is 26.7. The topological polar surface area (TPSA) is 49.4 Å². The lowest BCUT2D eigenvalue weighted by molar-refractivity contribution is -0.130. The number of likely N-dealkylation sites (N-methyl/N-ethyl adjacent to an activating group) is 1. The third-order valence-corrected chi connectivity index (χ3v) is 4.04. The summed E-state index contributed by atoms with van der Waals surface area (Å²) in [6.07, 6.45) is 0. The van der Waals surface area contributed by atoms with Gasteiger partial charge < -0.3 is 10.2 Å². The second kappa shape index (κ2) is 7.70. The first-order valence-electron chi connectivity index (χ1n) is 6.94. The fourth-order valence-corrected chi connectivity index (χ4v) is 2.69. The second-order valence-electron chi connectivity index (χ2n) is 4.65. The number of carbonyl (C=O) groups is 2. The van der Waals surface area contributed by atoms with E-state index in [0.717, 1.165) is 4.88 Å². The first kappa shape index (κ1) is 16.2. The molecule has 0 fully saturated rings. The third kappa shape index (κ3) is 4.14. The molecule has 6 heteroatoms. The molecule has 1 N–H and O–H groups in total. The lowest BCUT2D eigenvalue weighted by atomic mass is 10.2. The number of thiophene rings is 1. The molecule has 0 aliphatic rings. The van der Waals surface area contributed by atoms with Gasteiger partial charge in [0.2, 0.25) is 5.91 Å². The molecule has 0 atom stereocenters. The van der Waals surface area contributed by atoms with Gasteiger partial charge in [0.25, 0.3) is 5.91 Å². The summed E-state index contributed by atoms with van der Waals surface area (Å²) in [5.41, 5.74) is -0.0587. The standard InChI is InChI=1S/C16H17FN2O2S/c1-2-19(11-12-6-5-9-22-12)15(20)10-18-16(21)13-7-3-4-8-14(13)17/h3-9H,2,10-11H2,1H3,(H,18,21). The van der Waals surface area contributed by atoms with Crippen molar-refractivity contribution in [3.63, 3.8) is 0 Å². The average Bonchev–Trinajstić information content (AvgIpc) is 3.03. The van der Waals surface area contributed by atoms with Crippen LogP contribution in [0.1, 0.15) is 22.2 Å². The molecule has 2 amide bonds. The maximum atomic E-state index is 13.5. The van der Waals surface area contributed by atoms with Gasteiger partial charge in [-0.2, -0.15) is 0 Å². The van der Waals surface area contributed by atoms with Crippen molar-refractivity contribution in [1.82, 2.24) is 10.2 Å². The second-order valence-corrected chi connectivity index (χ2v) is 5.68. The van der Waals surface area contributed by atoms with Crippen LogP contribution in [0, 0.1) is 5.82 Å². The van der Waals surface area contributed by atoms with Crippen LogP contribution in [0.2, 0.25) is 0 Å². The lowest BCUT2D eigenvalue weighted by Gasteiger charge is -2.20. The number of benzene rings is 1. The van der Waals surface area contributed by atoms with Gasteiger partial charge in [-0.05, 0) is 30.5 Å². The molecule has 0 radical (unpaired) electrons. The van der Waals surface area contributed by atoms with E-state index in [1.165, 1.54) is 18.2 Å². The monoisotopic (exact) mass is 320 g/mol. The van der Waals surface area contributed by atoms with Crippen LogP contribution in [0.3, 0.4) is 0 Å². The Bertz CT molecular complexity index is 643. The first-order valence-corrected chi connectivity index (χ1v) is 7.82. The Labute approximate surface area is 132 Å². The Hall–Kier alpha value is -2.21. The van der Waals surface area contributed by atoms with Crippen LogP contribution >= 0.6 is 11.3 Å². The van der Waals surface area contributed by atoms with Gasteiger partial charge in [0.15, 0.2) is 0 Å². The van der Waals surface area contributed by atoms with Gasteiger partial charge >= 0.3 is 0 Å². The van der Waals surface area contributed by atoms with E-state index in [0.29, 0.717) is 13.1 Å². The van der Waals surface area contributed by atoms with Crippen LogP contribution < -0.4 is 5.32 Å². The minimum Gasteiger partial charge on any atom is -0.343 e. The number of carbonyl (C=O) groups excluding carboxylic acids is 2. The zero-order valence-corrected chi connectivity index (χ0v) is 13.0. The van der Waals surface area contributed by atoms with Crippen molar-refractivity contribution in [2.75, 3.05) is 13.1 Å². The van der Waals surface area contributed by atoms with Crippen molar-refractivity contribution >= 4 is 23.2 Å². The number of nitrogens with one attached hydrogen (secondary N) is 1. The summed E-state index contributed by atoms with van der Waals surface area (Å²) in [5.74, 6) is -1.38. The third-order valence-electron chi connectivity index (χ3n) is 3.18. The van der Waals surface area contributed by atoms with E-state index >= 15 is 0 Å². The Kier molecular flexibility index (Phi) is 5.66. The Morgan fingerprint density at radius 3 is 2.64 bits per heavy atom.